The summed E-state index contributed by atoms with van der Waals surface area (Å²) in [5.41, 5.74) is 0. The molecule has 3 amide bonds. The quantitative estimate of drug-likeness (QED) is 0.769. The Kier molecular flexibility index (Phi) is 5.79. The van der Waals surface area contributed by atoms with E-state index in [0.29, 0.717) is 25.9 Å². The molecule has 0 aromatic heterocycles. The topological polar surface area (TPSA) is 90.0 Å². The van der Waals surface area contributed by atoms with Gasteiger partial charge in [0.05, 0.1) is 0 Å². The number of carboxylic acid groups (broad SMARTS) is 1. The molecule has 7 heteroatoms. The molecule has 0 aromatic carbocycles. The molecule has 0 unspecified atom stereocenters. The van der Waals surface area contributed by atoms with Crippen molar-refractivity contribution in [3.63, 3.8) is 0 Å². The molecule has 1 aliphatic heterocycles. The number of rotatable bonds is 5. The first kappa shape index (κ1) is 16.3. The summed E-state index contributed by atoms with van der Waals surface area (Å²) in [6.07, 6.45) is 1.15. The molecule has 1 atom stereocenters. The first-order chi connectivity index (χ1) is 9.36. The highest BCUT2D eigenvalue weighted by Gasteiger charge is 2.36. The Morgan fingerprint density at radius 1 is 1.40 bits per heavy atom. The third-order valence-corrected chi connectivity index (χ3v) is 3.22. The van der Waals surface area contributed by atoms with Gasteiger partial charge in [-0.3, -0.25) is 4.79 Å². The van der Waals surface area contributed by atoms with Gasteiger partial charge in [-0.25, -0.2) is 9.59 Å². The molecule has 7 nitrogen and oxygen atoms in total. The van der Waals surface area contributed by atoms with Crippen LogP contribution in [0.25, 0.3) is 0 Å². The summed E-state index contributed by atoms with van der Waals surface area (Å²) in [6.45, 7) is 6.21. The van der Waals surface area contributed by atoms with Crippen LogP contribution >= 0.6 is 0 Å². The Balaban J connectivity index is 2.67. The number of carbonyl (C=O) groups is 3. The Morgan fingerprint density at radius 3 is 2.55 bits per heavy atom. The SMILES string of the molecule is CCN(CC(=O)NC(C)C)C(=O)N1CCC[C@H]1C(=O)O. The van der Waals surface area contributed by atoms with Crippen molar-refractivity contribution in [2.24, 2.45) is 0 Å². The Morgan fingerprint density at radius 2 is 2.05 bits per heavy atom. The summed E-state index contributed by atoms with van der Waals surface area (Å²) in [7, 11) is 0. The van der Waals surface area contributed by atoms with Gasteiger partial charge in [0, 0.05) is 19.1 Å². The zero-order valence-electron chi connectivity index (χ0n) is 12.3. The van der Waals surface area contributed by atoms with E-state index in [0.717, 1.165) is 0 Å². The lowest BCUT2D eigenvalue weighted by molar-refractivity contribution is -0.141. The van der Waals surface area contributed by atoms with E-state index in [1.54, 1.807) is 6.92 Å². The van der Waals surface area contributed by atoms with Crippen molar-refractivity contribution in [1.29, 1.82) is 0 Å². The monoisotopic (exact) mass is 285 g/mol. The van der Waals surface area contributed by atoms with Gasteiger partial charge in [0.1, 0.15) is 12.6 Å². The number of nitrogens with one attached hydrogen (secondary N) is 1. The molecule has 1 aliphatic rings. The van der Waals surface area contributed by atoms with Crippen molar-refractivity contribution in [2.45, 2.75) is 45.7 Å². The average Bonchev–Trinajstić information content (AvgIpc) is 2.83. The number of nitrogens with zero attached hydrogens (tertiary/aromatic N) is 2. The van der Waals surface area contributed by atoms with Crippen LogP contribution in [0.2, 0.25) is 0 Å². The molecule has 0 radical (unpaired) electrons. The predicted octanol–water partition coefficient (Wildman–Crippen LogP) is 0.502. The van der Waals surface area contributed by atoms with Gasteiger partial charge in [-0.2, -0.15) is 0 Å². The number of amides is 3. The molecule has 114 valence electrons. The van der Waals surface area contributed by atoms with E-state index in [1.807, 2.05) is 13.8 Å². The zero-order chi connectivity index (χ0) is 15.3. The molecule has 1 fully saturated rings. The van der Waals surface area contributed by atoms with E-state index >= 15 is 0 Å². The van der Waals surface area contributed by atoms with Crippen LogP contribution in [0, 0.1) is 0 Å². The highest BCUT2D eigenvalue weighted by Crippen LogP contribution is 2.19. The van der Waals surface area contributed by atoms with Crippen LogP contribution in [0.4, 0.5) is 4.79 Å². The van der Waals surface area contributed by atoms with Crippen LogP contribution in [0.15, 0.2) is 0 Å². The lowest BCUT2D eigenvalue weighted by atomic mass is 10.2. The fourth-order valence-electron chi connectivity index (χ4n) is 2.29. The minimum atomic E-state index is -0.987. The molecule has 20 heavy (non-hydrogen) atoms. The molecule has 0 spiro atoms. The summed E-state index contributed by atoms with van der Waals surface area (Å²) >= 11 is 0. The van der Waals surface area contributed by atoms with Crippen molar-refractivity contribution in [1.82, 2.24) is 15.1 Å². The summed E-state index contributed by atoms with van der Waals surface area (Å²) in [5, 5.41) is 11.8. The second kappa shape index (κ2) is 7.12. The maximum Gasteiger partial charge on any atom is 0.326 e. The first-order valence-electron chi connectivity index (χ1n) is 6.94. The van der Waals surface area contributed by atoms with Gasteiger partial charge < -0.3 is 20.2 Å². The van der Waals surface area contributed by atoms with Crippen molar-refractivity contribution < 1.29 is 19.5 Å². The van der Waals surface area contributed by atoms with E-state index in [-0.39, 0.29) is 24.5 Å². The number of carbonyl (C=O) groups excluding carboxylic acids is 2. The highest BCUT2D eigenvalue weighted by molar-refractivity contribution is 5.87. The maximum atomic E-state index is 12.3. The minimum Gasteiger partial charge on any atom is -0.480 e. The van der Waals surface area contributed by atoms with Crippen molar-refractivity contribution in [2.75, 3.05) is 19.6 Å². The van der Waals surface area contributed by atoms with Crippen LogP contribution in [-0.4, -0.2) is 64.5 Å². The molecule has 1 saturated heterocycles. The van der Waals surface area contributed by atoms with E-state index in [2.05, 4.69) is 5.32 Å². The molecular weight excluding hydrogens is 262 g/mol. The fraction of sp³-hybridized carbons (Fsp3) is 0.769. The van der Waals surface area contributed by atoms with E-state index < -0.39 is 12.0 Å². The number of likely N-dealkylation sites (tertiary alicyclic amines) is 1. The zero-order valence-corrected chi connectivity index (χ0v) is 12.3. The predicted molar refractivity (Wildman–Crippen MR) is 73.3 cm³/mol. The smallest absolute Gasteiger partial charge is 0.326 e. The van der Waals surface area contributed by atoms with Crippen LogP contribution in [0.5, 0.6) is 0 Å². The van der Waals surface area contributed by atoms with Crippen molar-refractivity contribution in [3.05, 3.63) is 0 Å². The average molecular weight is 285 g/mol. The molecule has 0 bridgehead atoms. The molecule has 1 rings (SSSR count). The van der Waals surface area contributed by atoms with Crippen LogP contribution in [0.1, 0.15) is 33.6 Å². The van der Waals surface area contributed by atoms with E-state index in [1.165, 1.54) is 9.80 Å². The lowest BCUT2D eigenvalue weighted by Crippen LogP contribution is -2.51. The fourth-order valence-corrected chi connectivity index (χ4v) is 2.29. The first-order valence-corrected chi connectivity index (χ1v) is 6.94. The van der Waals surface area contributed by atoms with Gasteiger partial charge in [0.2, 0.25) is 5.91 Å². The molecule has 0 aromatic rings. The van der Waals surface area contributed by atoms with Gasteiger partial charge in [0.25, 0.3) is 0 Å². The number of carboxylic acids is 1. The number of urea groups is 1. The second-order valence-corrected chi connectivity index (χ2v) is 5.21. The summed E-state index contributed by atoms with van der Waals surface area (Å²) < 4.78 is 0. The lowest BCUT2D eigenvalue weighted by Gasteiger charge is -2.29. The number of aliphatic carboxylic acids is 1. The molecule has 0 saturated carbocycles. The van der Waals surface area contributed by atoms with Gasteiger partial charge in [0.15, 0.2) is 0 Å². The molecule has 0 aliphatic carbocycles. The third kappa shape index (κ3) is 4.11. The molecular formula is C13H23N3O4. The number of likely N-dealkylation sites (N-methyl/N-ethyl adjacent to an activating group) is 1. The van der Waals surface area contributed by atoms with Gasteiger partial charge in [-0.1, -0.05) is 0 Å². The summed E-state index contributed by atoms with van der Waals surface area (Å²) in [4.78, 5) is 37.9. The maximum absolute atomic E-state index is 12.3. The van der Waals surface area contributed by atoms with Crippen LogP contribution in [0.3, 0.4) is 0 Å². The van der Waals surface area contributed by atoms with Gasteiger partial charge in [-0.05, 0) is 33.6 Å². The normalized spacial score (nSPS) is 18.2. The Labute approximate surface area is 118 Å². The minimum absolute atomic E-state index is 0.00913. The van der Waals surface area contributed by atoms with Crippen LogP contribution in [-0.2, 0) is 9.59 Å². The molecule has 1 heterocycles. The Bertz CT molecular complexity index is 384. The molecule has 2 N–H and O–H groups in total. The van der Waals surface area contributed by atoms with Crippen molar-refractivity contribution in [3.8, 4) is 0 Å². The van der Waals surface area contributed by atoms with E-state index in [9.17, 15) is 14.4 Å². The standard InChI is InChI=1S/C13H23N3O4/c1-4-15(8-11(17)14-9(2)3)13(20)16-7-5-6-10(16)12(18)19/h9-10H,4-8H2,1-3H3,(H,14,17)(H,18,19)/t10-/m0/s1. The largest absolute Gasteiger partial charge is 0.480 e. The second-order valence-electron chi connectivity index (χ2n) is 5.21. The van der Waals surface area contributed by atoms with E-state index in [4.69, 9.17) is 5.11 Å². The highest BCUT2D eigenvalue weighted by atomic mass is 16.4. The number of hydrogen-bond acceptors (Lipinski definition) is 3. The van der Waals surface area contributed by atoms with Gasteiger partial charge >= 0.3 is 12.0 Å². The van der Waals surface area contributed by atoms with Crippen molar-refractivity contribution >= 4 is 17.9 Å². The summed E-state index contributed by atoms with van der Waals surface area (Å²) in [6, 6.07) is -1.14. The van der Waals surface area contributed by atoms with Crippen LogP contribution < -0.4 is 5.32 Å². The number of hydrogen-bond donors (Lipinski definition) is 2. The Hall–Kier alpha value is -1.79. The van der Waals surface area contributed by atoms with Gasteiger partial charge in [-0.15, -0.1) is 0 Å². The third-order valence-electron chi connectivity index (χ3n) is 3.22. The summed E-state index contributed by atoms with van der Waals surface area (Å²) in [5.74, 6) is -1.22.